The number of aromatic nitrogens is 1. The van der Waals surface area contributed by atoms with E-state index in [9.17, 15) is 4.39 Å². The van der Waals surface area contributed by atoms with Gasteiger partial charge in [0.15, 0.2) is 11.5 Å². The van der Waals surface area contributed by atoms with Crippen LogP contribution in [0.4, 0.5) is 4.39 Å². The highest BCUT2D eigenvalue weighted by Gasteiger charge is 2.15. The molecule has 0 bridgehead atoms. The topological polar surface area (TPSA) is 26.0 Å². The molecule has 0 amide bonds. The molecule has 0 saturated carbocycles. The Morgan fingerprint density at radius 3 is 2.43 bits per heavy atom. The average Bonchev–Trinajstić information content (AvgIpc) is 2.81. The largest absolute Gasteiger partial charge is 0.440 e. The highest BCUT2D eigenvalue weighted by atomic mass is 19.1. The second-order valence-corrected chi connectivity index (χ2v) is 6.34. The molecule has 0 N–H and O–H groups in total. The molecule has 0 atom stereocenters. The van der Waals surface area contributed by atoms with Crippen LogP contribution in [0.3, 0.4) is 0 Å². The van der Waals surface area contributed by atoms with Crippen molar-refractivity contribution in [3.63, 3.8) is 0 Å². The molecule has 0 aliphatic heterocycles. The van der Waals surface area contributed by atoms with Crippen LogP contribution in [0, 0.1) is 5.82 Å². The number of fused-ring (bicyclic) bond motifs is 1. The molecule has 2 aromatic carbocycles. The second-order valence-electron chi connectivity index (χ2n) is 6.34. The Labute approximate surface area is 123 Å². The van der Waals surface area contributed by atoms with Crippen LogP contribution >= 0.6 is 0 Å². The zero-order chi connectivity index (χ0) is 15.0. The molecule has 108 valence electrons. The summed E-state index contributed by atoms with van der Waals surface area (Å²) >= 11 is 0. The van der Waals surface area contributed by atoms with Gasteiger partial charge >= 0.3 is 0 Å². The molecule has 1 heterocycles. The second kappa shape index (κ2) is 4.99. The van der Waals surface area contributed by atoms with Gasteiger partial charge in [0.1, 0.15) is 11.3 Å². The third-order valence-electron chi connectivity index (χ3n) is 3.57. The minimum Gasteiger partial charge on any atom is -0.440 e. The number of rotatable bonds is 2. The van der Waals surface area contributed by atoms with Crippen LogP contribution in [0.1, 0.15) is 37.8 Å². The number of benzene rings is 2. The SMILES string of the molecule is CC(C)(C)c1ccc2oc(Cc3ccc(F)cc3)nc2c1. The maximum Gasteiger partial charge on any atom is 0.199 e. The van der Waals surface area contributed by atoms with Crippen molar-refractivity contribution < 1.29 is 8.81 Å². The van der Waals surface area contributed by atoms with Crippen LogP contribution in [0.15, 0.2) is 46.9 Å². The van der Waals surface area contributed by atoms with E-state index in [4.69, 9.17) is 4.42 Å². The lowest BCUT2D eigenvalue weighted by molar-refractivity contribution is 0.543. The molecule has 3 heteroatoms. The molecule has 0 spiro atoms. The van der Waals surface area contributed by atoms with Gasteiger partial charge in [-0.2, -0.15) is 0 Å². The normalized spacial score (nSPS) is 12.0. The molecule has 3 rings (SSSR count). The first-order valence-corrected chi connectivity index (χ1v) is 7.06. The summed E-state index contributed by atoms with van der Waals surface area (Å²) in [6.07, 6.45) is 0.569. The zero-order valence-corrected chi connectivity index (χ0v) is 12.5. The smallest absolute Gasteiger partial charge is 0.199 e. The Hall–Kier alpha value is -2.16. The van der Waals surface area contributed by atoms with E-state index in [1.807, 2.05) is 6.07 Å². The number of hydrogen-bond donors (Lipinski definition) is 0. The van der Waals surface area contributed by atoms with Crippen LogP contribution in [0.2, 0.25) is 0 Å². The molecule has 0 saturated heterocycles. The van der Waals surface area contributed by atoms with Gasteiger partial charge in [0.25, 0.3) is 0 Å². The van der Waals surface area contributed by atoms with Crippen molar-refractivity contribution in [3.8, 4) is 0 Å². The minimum absolute atomic E-state index is 0.0876. The lowest BCUT2D eigenvalue weighted by Gasteiger charge is -2.18. The number of nitrogens with zero attached hydrogens (tertiary/aromatic N) is 1. The van der Waals surface area contributed by atoms with Crippen LogP contribution < -0.4 is 0 Å². The molecule has 2 nitrogen and oxygen atoms in total. The third kappa shape index (κ3) is 2.97. The van der Waals surface area contributed by atoms with Crippen LogP contribution in [-0.4, -0.2) is 4.98 Å². The Balaban J connectivity index is 1.92. The van der Waals surface area contributed by atoms with Crippen molar-refractivity contribution >= 4 is 11.1 Å². The summed E-state index contributed by atoms with van der Waals surface area (Å²) in [5.41, 5.74) is 3.97. The number of oxazole rings is 1. The molecule has 0 aliphatic carbocycles. The summed E-state index contributed by atoms with van der Waals surface area (Å²) < 4.78 is 18.7. The van der Waals surface area contributed by atoms with Crippen LogP contribution in [-0.2, 0) is 11.8 Å². The molecule has 0 aliphatic rings. The van der Waals surface area contributed by atoms with Gasteiger partial charge in [-0.1, -0.05) is 39.0 Å². The molecule has 3 aromatic rings. The van der Waals surface area contributed by atoms with Crippen molar-refractivity contribution in [2.45, 2.75) is 32.6 Å². The Bertz CT molecular complexity index is 766. The van der Waals surface area contributed by atoms with E-state index in [-0.39, 0.29) is 11.2 Å². The first-order valence-electron chi connectivity index (χ1n) is 7.06. The van der Waals surface area contributed by atoms with E-state index in [1.165, 1.54) is 17.7 Å². The molecule has 21 heavy (non-hydrogen) atoms. The first-order chi connectivity index (χ1) is 9.91. The summed E-state index contributed by atoms with van der Waals surface area (Å²) in [6.45, 7) is 6.52. The summed E-state index contributed by atoms with van der Waals surface area (Å²) in [6, 6.07) is 12.5. The van der Waals surface area contributed by atoms with E-state index >= 15 is 0 Å². The first kappa shape index (κ1) is 13.8. The third-order valence-corrected chi connectivity index (χ3v) is 3.57. The van der Waals surface area contributed by atoms with Crippen molar-refractivity contribution in [2.75, 3.05) is 0 Å². The number of halogens is 1. The van der Waals surface area contributed by atoms with Gasteiger partial charge in [0, 0.05) is 6.42 Å². The highest BCUT2D eigenvalue weighted by Crippen LogP contribution is 2.26. The highest BCUT2D eigenvalue weighted by molar-refractivity contribution is 5.73. The molecule has 0 unspecified atom stereocenters. The summed E-state index contributed by atoms with van der Waals surface area (Å²) in [5.74, 6) is 0.425. The maximum atomic E-state index is 12.9. The molecule has 0 radical (unpaired) electrons. The van der Waals surface area contributed by atoms with Gasteiger partial charge in [-0.25, -0.2) is 9.37 Å². The van der Waals surface area contributed by atoms with Gasteiger partial charge in [-0.05, 0) is 40.8 Å². The van der Waals surface area contributed by atoms with Gasteiger partial charge in [-0.3, -0.25) is 0 Å². The standard InChI is InChI=1S/C18H18FNO/c1-18(2,3)13-6-9-16-15(11-13)20-17(21-16)10-12-4-7-14(19)8-5-12/h4-9,11H,10H2,1-3H3. The predicted molar refractivity (Wildman–Crippen MR) is 81.9 cm³/mol. The van der Waals surface area contributed by atoms with Gasteiger partial charge in [0.05, 0.1) is 0 Å². The van der Waals surface area contributed by atoms with E-state index in [2.05, 4.69) is 37.9 Å². The van der Waals surface area contributed by atoms with E-state index < -0.39 is 0 Å². The predicted octanol–water partition coefficient (Wildman–Crippen LogP) is 4.86. The fraction of sp³-hybridized carbons (Fsp3) is 0.278. The van der Waals surface area contributed by atoms with E-state index in [1.54, 1.807) is 12.1 Å². The van der Waals surface area contributed by atoms with E-state index in [0.717, 1.165) is 16.7 Å². The van der Waals surface area contributed by atoms with Crippen molar-refractivity contribution in [3.05, 3.63) is 65.3 Å². The van der Waals surface area contributed by atoms with Crippen molar-refractivity contribution in [2.24, 2.45) is 0 Å². The molecular formula is C18H18FNO. The summed E-state index contributed by atoms with van der Waals surface area (Å²) in [5, 5.41) is 0. The summed E-state index contributed by atoms with van der Waals surface area (Å²) in [4.78, 5) is 4.54. The average molecular weight is 283 g/mol. The number of hydrogen-bond acceptors (Lipinski definition) is 2. The Morgan fingerprint density at radius 1 is 1.05 bits per heavy atom. The zero-order valence-electron chi connectivity index (χ0n) is 12.5. The van der Waals surface area contributed by atoms with E-state index in [0.29, 0.717) is 12.3 Å². The lowest BCUT2D eigenvalue weighted by atomic mass is 9.87. The quantitative estimate of drug-likeness (QED) is 0.671. The van der Waals surface area contributed by atoms with Gasteiger partial charge in [-0.15, -0.1) is 0 Å². The molecule has 1 aromatic heterocycles. The monoisotopic (exact) mass is 283 g/mol. The molecular weight excluding hydrogens is 265 g/mol. The fourth-order valence-electron chi connectivity index (χ4n) is 2.29. The lowest BCUT2D eigenvalue weighted by Crippen LogP contribution is -2.10. The maximum absolute atomic E-state index is 12.9. The van der Waals surface area contributed by atoms with Crippen molar-refractivity contribution in [1.82, 2.24) is 4.98 Å². The van der Waals surface area contributed by atoms with Crippen LogP contribution in [0.5, 0.6) is 0 Å². The van der Waals surface area contributed by atoms with Crippen LogP contribution in [0.25, 0.3) is 11.1 Å². The summed E-state index contributed by atoms with van der Waals surface area (Å²) in [7, 11) is 0. The van der Waals surface area contributed by atoms with Gasteiger partial charge < -0.3 is 4.42 Å². The Kier molecular flexibility index (Phi) is 3.28. The van der Waals surface area contributed by atoms with Gasteiger partial charge in [0.2, 0.25) is 0 Å². The Morgan fingerprint density at radius 2 is 1.76 bits per heavy atom. The van der Waals surface area contributed by atoms with Crippen molar-refractivity contribution in [1.29, 1.82) is 0 Å². The fourth-order valence-corrected chi connectivity index (χ4v) is 2.29. The minimum atomic E-state index is -0.230. The molecule has 0 fully saturated rings.